The van der Waals surface area contributed by atoms with Gasteiger partial charge in [0.15, 0.2) is 0 Å². The highest BCUT2D eigenvalue weighted by Crippen LogP contribution is 2.26. The third kappa shape index (κ3) is 3.66. The Bertz CT molecular complexity index is 414. The van der Waals surface area contributed by atoms with Crippen LogP contribution in [0.15, 0.2) is 24.3 Å². The molecule has 3 heteroatoms. The van der Waals surface area contributed by atoms with Crippen LogP contribution in [0.2, 0.25) is 0 Å². The van der Waals surface area contributed by atoms with Gasteiger partial charge in [-0.05, 0) is 62.4 Å². The predicted octanol–water partition coefficient (Wildman–Crippen LogP) is 3.05. The van der Waals surface area contributed by atoms with E-state index >= 15 is 0 Å². The molecule has 1 aliphatic carbocycles. The molecule has 0 amide bonds. The number of anilines is 1. The fourth-order valence-electron chi connectivity index (χ4n) is 2.83. The normalized spacial score (nSPS) is 22.2. The monoisotopic (exact) mass is 274 g/mol. The summed E-state index contributed by atoms with van der Waals surface area (Å²) in [4.78, 5) is 2.50. The quantitative estimate of drug-likeness (QED) is 0.827. The van der Waals surface area contributed by atoms with Crippen molar-refractivity contribution < 1.29 is 4.74 Å². The number of nitrogens with one attached hydrogen (secondary N) is 1. The number of hydrogen-bond acceptors (Lipinski definition) is 3. The molecular weight excluding hydrogens is 248 g/mol. The first-order valence-corrected chi connectivity index (χ1v) is 8.06. The maximum absolute atomic E-state index is 5.64. The summed E-state index contributed by atoms with van der Waals surface area (Å²) in [5.41, 5.74) is 1.34. The van der Waals surface area contributed by atoms with Crippen LogP contribution in [0.5, 0.6) is 5.75 Å². The van der Waals surface area contributed by atoms with E-state index < -0.39 is 0 Å². The lowest BCUT2D eigenvalue weighted by Crippen LogP contribution is -2.27. The van der Waals surface area contributed by atoms with Gasteiger partial charge in [-0.3, -0.25) is 0 Å². The highest BCUT2D eigenvalue weighted by atomic mass is 16.5. The van der Waals surface area contributed by atoms with Crippen LogP contribution in [-0.2, 0) is 0 Å². The van der Waals surface area contributed by atoms with Crippen molar-refractivity contribution in [3.8, 4) is 5.75 Å². The summed E-state index contributed by atoms with van der Waals surface area (Å²) >= 11 is 0. The SMILES string of the molecule is CCCOc1ccc(N2CCC(CNC3CC3)C2)cc1. The van der Waals surface area contributed by atoms with E-state index in [1.807, 2.05) is 0 Å². The van der Waals surface area contributed by atoms with Gasteiger partial charge in [-0.25, -0.2) is 0 Å². The van der Waals surface area contributed by atoms with Crippen molar-refractivity contribution in [3.05, 3.63) is 24.3 Å². The Morgan fingerprint density at radius 1 is 1.20 bits per heavy atom. The number of hydrogen-bond donors (Lipinski definition) is 1. The lowest BCUT2D eigenvalue weighted by atomic mass is 10.1. The van der Waals surface area contributed by atoms with Gasteiger partial charge >= 0.3 is 0 Å². The molecule has 2 fully saturated rings. The zero-order valence-corrected chi connectivity index (χ0v) is 12.5. The van der Waals surface area contributed by atoms with Gasteiger partial charge in [0.05, 0.1) is 6.61 Å². The van der Waals surface area contributed by atoms with E-state index in [9.17, 15) is 0 Å². The predicted molar refractivity (Wildman–Crippen MR) is 83.6 cm³/mol. The van der Waals surface area contributed by atoms with Crippen LogP contribution in [0.1, 0.15) is 32.6 Å². The van der Waals surface area contributed by atoms with Gasteiger partial charge in [0, 0.05) is 24.8 Å². The number of benzene rings is 1. The molecule has 1 saturated carbocycles. The maximum Gasteiger partial charge on any atom is 0.119 e. The van der Waals surface area contributed by atoms with Crippen LogP contribution in [0.3, 0.4) is 0 Å². The van der Waals surface area contributed by atoms with Crippen molar-refractivity contribution >= 4 is 5.69 Å². The van der Waals surface area contributed by atoms with Gasteiger partial charge in [0.1, 0.15) is 5.75 Å². The highest BCUT2D eigenvalue weighted by molar-refractivity contribution is 5.49. The lowest BCUT2D eigenvalue weighted by molar-refractivity contribution is 0.317. The summed E-state index contributed by atoms with van der Waals surface area (Å²) in [6.45, 7) is 6.51. The molecule has 1 atom stereocenters. The zero-order chi connectivity index (χ0) is 13.8. The summed E-state index contributed by atoms with van der Waals surface area (Å²) in [5.74, 6) is 1.80. The Morgan fingerprint density at radius 2 is 2.00 bits per heavy atom. The van der Waals surface area contributed by atoms with Crippen molar-refractivity contribution in [1.29, 1.82) is 0 Å². The van der Waals surface area contributed by atoms with E-state index in [0.29, 0.717) is 0 Å². The fraction of sp³-hybridized carbons (Fsp3) is 0.647. The Balaban J connectivity index is 1.48. The smallest absolute Gasteiger partial charge is 0.119 e. The van der Waals surface area contributed by atoms with Crippen LogP contribution in [0, 0.1) is 5.92 Å². The molecule has 2 aliphatic rings. The van der Waals surface area contributed by atoms with E-state index in [1.54, 1.807) is 0 Å². The molecule has 0 radical (unpaired) electrons. The molecule has 1 heterocycles. The molecule has 3 rings (SSSR count). The minimum atomic E-state index is 0.804. The third-order valence-corrected chi connectivity index (χ3v) is 4.23. The van der Waals surface area contributed by atoms with Crippen molar-refractivity contribution in [1.82, 2.24) is 5.32 Å². The van der Waals surface area contributed by atoms with Crippen molar-refractivity contribution in [3.63, 3.8) is 0 Å². The van der Waals surface area contributed by atoms with Gasteiger partial charge < -0.3 is 15.0 Å². The van der Waals surface area contributed by atoms with Crippen LogP contribution in [0.4, 0.5) is 5.69 Å². The molecule has 20 heavy (non-hydrogen) atoms. The van der Waals surface area contributed by atoms with E-state index in [4.69, 9.17) is 4.74 Å². The van der Waals surface area contributed by atoms with E-state index in [1.165, 1.54) is 44.6 Å². The molecule has 1 aromatic rings. The minimum absolute atomic E-state index is 0.804. The molecule has 0 aromatic heterocycles. The maximum atomic E-state index is 5.64. The summed E-state index contributed by atoms with van der Waals surface area (Å²) in [6, 6.07) is 9.42. The molecule has 1 aromatic carbocycles. The van der Waals surface area contributed by atoms with Crippen molar-refractivity contribution in [2.75, 3.05) is 31.1 Å². The van der Waals surface area contributed by atoms with Crippen LogP contribution >= 0.6 is 0 Å². The van der Waals surface area contributed by atoms with Crippen LogP contribution in [-0.4, -0.2) is 32.3 Å². The molecule has 1 saturated heterocycles. The van der Waals surface area contributed by atoms with E-state index in [-0.39, 0.29) is 0 Å². The van der Waals surface area contributed by atoms with E-state index in [2.05, 4.69) is 41.4 Å². The van der Waals surface area contributed by atoms with Gasteiger partial charge in [0.2, 0.25) is 0 Å². The molecule has 110 valence electrons. The highest BCUT2D eigenvalue weighted by Gasteiger charge is 2.26. The number of nitrogens with zero attached hydrogens (tertiary/aromatic N) is 1. The zero-order valence-electron chi connectivity index (χ0n) is 12.5. The van der Waals surface area contributed by atoms with Gasteiger partial charge in [-0.15, -0.1) is 0 Å². The summed E-state index contributed by atoms with van der Waals surface area (Å²) in [7, 11) is 0. The Morgan fingerprint density at radius 3 is 2.70 bits per heavy atom. The molecule has 1 aliphatic heterocycles. The summed E-state index contributed by atoms with van der Waals surface area (Å²) in [5, 5.41) is 3.66. The van der Waals surface area contributed by atoms with E-state index in [0.717, 1.165) is 30.7 Å². The number of rotatable bonds is 7. The summed E-state index contributed by atoms with van der Waals surface area (Å²) < 4.78 is 5.64. The number of ether oxygens (including phenoxy) is 1. The Kier molecular flexibility index (Phi) is 4.46. The fourth-order valence-corrected chi connectivity index (χ4v) is 2.83. The van der Waals surface area contributed by atoms with Gasteiger partial charge in [0.25, 0.3) is 0 Å². The average molecular weight is 274 g/mol. The second-order valence-electron chi connectivity index (χ2n) is 6.13. The minimum Gasteiger partial charge on any atom is -0.494 e. The largest absolute Gasteiger partial charge is 0.494 e. The van der Waals surface area contributed by atoms with Crippen LogP contribution in [0.25, 0.3) is 0 Å². The Hall–Kier alpha value is -1.22. The molecule has 3 nitrogen and oxygen atoms in total. The standard InChI is InChI=1S/C17H26N2O/c1-2-11-20-17-7-5-16(6-8-17)19-10-9-14(13-19)12-18-15-3-4-15/h5-8,14-15,18H,2-4,9-13H2,1H3. The molecular formula is C17H26N2O. The van der Waals surface area contributed by atoms with Crippen molar-refractivity contribution in [2.24, 2.45) is 5.92 Å². The molecule has 0 spiro atoms. The average Bonchev–Trinajstić information content (AvgIpc) is 3.20. The topological polar surface area (TPSA) is 24.5 Å². The molecule has 1 unspecified atom stereocenters. The molecule has 1 N–H and O–H groups in total. The first kappa shape index (κ1) is 13.7. The lowest BCUT2D eigenvalue weighted by Gasteiger charge is -2.19. The second-order valence-corrected chi connectivity index (χ2v) is 6.13. The van der Waals surface area contributed by atoms with Gasteiger partial charge in [-0.1, -0.05) is 6.92 Å². The first-order chi connectivity index (χ1) is 9.85. The Labute approximate surface area is 122 Å². The van der Waals surface area contributed by atoms with Crippen LogP contribution < -0.4 is 15.0 Å². The molecule has 0 bridgehead atoms. The second kappa shape index (κ2) is 6.49. The van der Waals surface area contributed by atoms with Crippen molar-refractivity contribution in [2.45, 2.75) is 38.6 Å². The third-order valence-electron chi connectivity index (χ3n) is 4.23. The van der Waals surface area contributed by atoms with Gasteiger partial charge in [-0.2, -0.15) is 0 Å². The summed E-state index contributed by atoms with van der Waals surface area (Å²) in [6.07, 6.45) is 5.14. The first-order valence-electron chi connectivity index (χ1n) is 8.06.